The molecule has 1 atom stereocenters. The number of benzene rings is 1. The molecule has 2 heterocycles. The Hall–Kier alpha value is -1.79. The molecule has 1 aliphatic rings. The molecule has 1 aliphatic heterocycles. The second-order valence-corrected chi connectivity index (χ2v) is 6.90. The fourth-order valence-corrected chi connectivity index (χ4v) is 3.51. The van der Waals surface area contributed by atoms with Crippen molar-refractivity contribution in [2.45, 2.75) is 13.0 Å². The van der Waals surface area contributed by atoms with Gasteiger partial charge in [-0.25, -0.2) is 9.97 Å². The Morgan fingerprint density at radius 1 is 1.26 bits per heavy atom. The van der Waals surface area contributed by atoms with Crippen LogP contribution in [0.15, 0.2) is 36.7 Å². The zero-order valence-electron chi connectivity index (χ0n) is 13.3. The summed E-state index contributed by atoms with van der Waals surface area (Å²) >= 11 is 1.98. The molecule has 2 aromatic rings. The molecule has 3 rings (SSSR count). The van der Waals surface area contributed by atoms with Crippen LogP contribution in [0.4, 0.5) is 11.6 Å². The molecule has 6 heteroatoms. The summed E-state index contributed by atoms with van der Waals surface area (Å²) in [4.78, 5) is 10.9. The molecule has 0 bridgehead atoms. The quantitative estimate of drug-likeness (QED) is 0.878. The first-order chi connectivity index (χ1) is 11.2. The van der Waals surface area contributed by atoms with E-state index in [0.29, 0.717) is 6.54 Å². The van der Waals surface area contributed by atoms with Crippen LogP contribution in [0.5, 0.6) is 0 Å². The number of hydrogen-bond acceptors (Lipinski definition) is 6. The molecule has 0 saturated carbocycles. The van der Waals surface area contributed by atoms with Gasteiger partial charge in [-0.05, 0) is 12.5 Å². The van der Waals surface area contributed by atoms with E-state index in [4.69, 9.17) is 0 Å². The minimum absolute atomic E-state index is 0.426. The highest BCUT2D eigenvalue weighted by Gasteiger charge is 2.13. The minimum atomic E-state index is -0.556. The van der Waals surface area contributed by atoms with Gasteiger partial charge in [0.15, 0.2) is 0 Å². The first-order valence-electron chi connectivity index (χ1n) is 7.85. The Balaban J connectivity index is 1.61. The lowest BCUT2D eigenvalue weighted by atomic mass is 10.1. The molecule has 5 nitrogen and oxygen atoms in total. The summed E-state index contributed by atoms with van der Waals surface area (Å²) in [7, 11) is 0. The maximum atomic E-state index is 10.3. The number of nitrogens with zero attached hydrogens (tertiary/aromatic N) is 3. The molecule has 1 saturated heterocycles. The Kier molecular flexibility index (Phi) is 5.35. The highest BCUT2D eigenvalue weighted by Crippen LogP contribution is 2.20. The molecular formula is C17H22N4OS. The van der Waals surface area contributed by atoms with Crippen LogP contribution < -0.4 is 10.2 Å². The summed E-state index contributed by atoms with van der Waals surface area (Å²) < 4.78 is 0. The third kappa shape index (κ3) is 4.36. The van der Waals surface area contributed by atoms with Crippen LogP contribution in [-0.2, 0) is 0 Å². The van der Waals surface area contributed by atoms with E-state index in [1.54, 1.807) is 6.33 Å². The third-order valence-electron chi connectivity index (χ3n) is 3.89. The van der Waals surface area contributed by atoms with E-state index in [9.17, 15) is 5.11 Å². The van der Waals surface area contributed by atoms with Gasteiger partial charge in [0.05, 0.1) is 6.10 Å². The van der Waals surface area contributed by atoms with Crippen LogP contribution in [0, 0.1) is 6.92 Å². The van der Waals surface area contributed by atoms with Gasteiger partial charge in [0.25, 0.3) is 0 Å². The lowest BCUT2D eigenvalue weighted by Crippen LogP contribution is -2.33. The normalized spacial score (nSPS) is 16.2. The van der Waals surface area contributed by atoms with Crippen LogP contribution in [0.3, 0.4) is 0 Å². The second-order valence-electron chi connectivity index (χ2n) is 5.67. The van der Waals surface area contributed by atoms with Crippen LogP contribution in [0.2, 0.25) is 0 Å². The predicted octanol–water partition coefficient (Wildman–Crippen LogP) is 2.48. The standard InChI is InChI=1S/C17H22N4OS/c1-13-3-2-4-14(9-13)15(22)11-18-16-10-17(20-12-19-16)21-5-7-23-8-6-21/h2-4,9-10,12,15,22H,5-8,11H2,1H3,(H,18,19,20)/t15-/m0/s1. The van der Waals surface area contributed by atoms with Crippen LogP contribution in [0.1, 0.15) is 17.2 Å². The SMILES string of the molecule is Cc1cccc([C@@H](O)CNc2cc(N3CCSCC3)ncn2)c1. The van der Waals surface area contributed by atoms with Gasteiger partial charge in [-0.2, -0.15) is 11.8 Å². The van der Waals surface area contributed by atoms with Crippen molar-refractivity contribution in [2.75, 3.05) is 41.4 Å². The summed E-state index contributed by atoms with van der Waals surface area (Å²) in [6, 6.07) is 9.89. The molecule has 1 aromatic carbocycles. The Morgan fingerprint density at radius 3 is 2.87 bits per heavy atom. The Labute approximate surface area is 141 Å². The summed E-state index contributed by atoms with van der Waals surface area (Å²) in [5.41, 5.74) is 2.06. The number of thioether (sulfide) groups is 1. The topological polar surface area (TPSA) is 61.3 Å². The number of aliphatic hydroxyl groups is 1. The van der Waals surface area contributed by atoms with Crippen molar-refractivity contribution in [1.82, 2.24) is 9.97 Å². The van der Waals surface area contributed by atoms with Crippen molar-refractivity contribution in [3.8, 4) is 0 Å². The number of aryl methyl sites for hydroxylation is 1. The van der Waals surface area contributed by atoms with Crippen molar-refractivity contribution in [3.63, 3.8) is 0 Å². The maximum Gasteiger partial charge on any atom is 0.134 e. The van der Waals surface area contributed by atoms with Gasteiger partial charge in [0.2, 0.25) is 0 Å². The van der Waals surface area contributed by atoms with E-state index >= 15 is 0 Å². The average Bonchev–Trinajstić information content (AvgIpc) is 2.61. The molecule has 122 valence electrons. The molecular weight excluding hydrogens is 308 g/mol. The first kappa shape index (κ1) is 16.1. The molecule has 1 aromatic heterocycles. The lowest BCUT2D eigenvalue weighted by molar-refractivity contribution is 0.191. The van der Waals surface area contributed by atoms with Gasteiger partial charge in [0, 0.05) is 37.2 Å². The first-order valence-corrected chi connectivity index (χ1v) is 9.01. The summed E-state index contributed by atoms with van der Waals surface area (Å²) in [5, 5.41) is 13.5. The molecule has 0 radical (unpaired) electrons. The van der Waals surface area contributed by atoms with Gasteiger partial charge < -0.3 is 15.3 Å². The summed E-state index contributed by atoms with van der Waals surface area (Å²) in [6.45, 7) is 4.49. The van der Waals surface area contributed by atoms with Gasteiger partial charge in [0.1, 0.15) is 18.0 Å². The molecule has 0 unspecified atom stereocenters. The predicted molar refractivity (Wildman–Crippen MR) is 96.2 cm³/mol. The van der Waals surface area contributed by atoms with Crippen molar-refractivity contribution < 1.29 is 5.11 Å². The fourth-order valence-electron chi connectivity index (χ4n) is 2.61. The van der Waals surface area contributed by atoms with Crippen molar-refractivity contribution in [3.05, 3.63) is 47.8 Å². The van der Waals surface area contributed by atoms with Crippen LogP contribution >= 0.6 is 11.8 Å². The highest BCUT2D eigenvalue weighted by molar-refractivity contribution is 7.99. The molecule has 1 fully saturated rings. The van der Waals surface area contributed by atoms with Crippen LogP contribution in [0.25, 0.3) is 0 Å². The zero-order chi connectivity index (χ0) is 16.1. The third-order valence-corrected chi connectivity index (χ3v) is 4.83. The molecule has 2 N–H and O–H groups in total. The Morgan fingerprint density at radius 2 is 2.09 bits per heavy atom. The van der Waals surface area contributed by atoms with Gasteiger partial charge >= 0.3 is 0 Å². The summed E-state index contributed by atoms with van der Waals surface area (Å²) in [5.74, 6) is 3.98. The van der Waals surface area contributed by atoms with E-state index in [1.165, 1.54) is 0 Å². The number of rotatable bonds is 5. The largest absolute Gasteiger partial charge is 0.387 e. The number of nitrogens with one attached hydrogen (secondary N) is 1. The molecule has 0 aliphatic carbocycles. The molecule has 23 heavy (non-hydrogen) atoms. The smallest absolute Gasteiger partial charge is 0.134 e. The number of aromatic nitrogens is 2. The summed E-state index contributed by atoms with van der Waals surface area (Å²) in [6.07, 6.45) is 1.03. The monoisotopic (exact) mass is 330 g/mol. The zero-order valence-corrected chi connectivity index (χ0v) is 14.1. The van der Waals surface area contributed by atoms with Crippen LogP contribution in [-0.4, -0.2) is 46.2 Å². The van der Waals surface area contributed by atoms with Crippen molar-refractivity contribution >= 4 is 23.4 Å². The van der Waals surface area contributed by atoms with E-state index in [2.05, 4.69) is 20.2 Å². The van der Waals surface area contributed by atoms with E-state index in [1.807, 2.05) is 49.0 Å². The van der Waals surface area contributed by atoms with Crippen molar-refractivity contribution in [1.29, 1.82) is 0 Å². The van der Waals surface area contributed by atoms with E-state index in [0.717, 1.165) is 47.4 Å². The minimum Gasteiger partial charge on any atom is -0.387 e. The lowest BCUT2D eigenvalue weighted by Gasteiger charge is -2.27. The maximum absolute atomic E-state index is 10.3. The molecule has 0 spiro atoms. The Bertz CT molecular complexity index is 646. The highest BCUT2D eigenvalue weighted by atomic mass is 32.2. The van der Waals surface area contributed by atoms with Crippen molar-refractivity contribution in [2.24, 2.45) is 0 Å². The number of hydrogen-bond donors (Lipinski definition) is 2. The number of aliphatic hydroxyl groups excluding tert-OH is 1. The van der Waals surface area contributed by atoms with E-state index < -0.39 is 6.10 Å². The van der Waals surface area contributed by atoms with E-state index in [-0.39, 0.29) is 0 Å². The van der Waals surface area contributed by atoms with Gasteiger partial charge in [-0.15, -0.1) is 0 Å². The molecule has 0 amide bonds. The fraction of sp³-hybridized carbons (Fsp3) is 0.412. The van der Waals surface area contributed by atoms with Gasteiger partial charge in [-0.3, -0.25) is 0 Å². The average molecular weight is 330 g/mol. The second kappa shape index (κ2) is 7.66. The van der Waals surface area contributed by atoms with Gasteiger partial charge in [-0.1, -0.05) is 29.8 Å². The number of anilines is 2.